The zero-order valence-corrected chi connectivity index (χ0v) is 15.3. The molecule has 0 saturated carbocycles. The quantitative estimate of drug-likeness (QED) is 0.805. The minimum atomic E-state index is -3.55. The molecule has 2 heterocycles. The first-order valence-electron chi connectivity index (χ1n) is 7.62. The molecule has 7 nitrogen and oxygen atoms in total. The molecule has 0 saturated heterocycles. The van der Waals surface area contributed by atoms with Crippen molar-refractivity contribution in [2.45, 2.75) is 51.6 Å². The Hall–Kier alpha value is -1.67. The second-order valence-electron chi connectivity index (χ2n) is 6.02. The Morgan fingerprint density at radius 3 is 2.52 bits per heavy atom. The molecule has 2 aromatic rings. The Bertz CT molecular complexity index is 788. The zero-order valence-electron chi connectivity index (χ0n) is 14.5. The zero-order chi connectivity index (χ0) is 17.4. The lowest BCUT2D eigenvalue weighted by molar-refractivity contribution is 0.390. The number of rotatable bonds is 6. The molecule has 0 amide bonds. The second-order valence-corrected chi connectivity index (χ2v) is 8.12. The molecule has 8 heteroatoms. The summed E-state index contributed by atoms with van der Waals surface area (Å²) in [5.74, 6) is 1.58. The molecular weight excluding hydrogens is 316 g/mol. The van der Waals surface area contributed by atoms with Crippen molar-refractivity contribution in [3.63, 3.8) is 0 Å². The summed E-state index contributed by atoms with van der Waals surface area (Å²) in [6.07, 6.45) is 2.36. The van der Waals surface area contributed by atoms with Crippen LogP contribution in [0, 0.1) is 6.92 Å². The van der Waals surface area contributed by atoms with E-state index >= 15 is 0 Å². The maximum absolute atomic E-state index is 12.3. The number of aromatic nitrogens is 3. The molecule has 0 N–H and O–H groups in total. The number of nitrogens with zero attached hydrogens (tertiary/aromatic N) is 4. The molecule has 2 aromatic heterocycles. The van der Waals surface area contributed by atoms with E-state index in [1.54, 1.807) is 6.20 Å². The average Bonchev–Trinajstić information content (AvgIpc) is 3.04. The van der Waals surface area contributed by atoms with E-state index in [9.17, 15) is 8.42 Å². The van der Waals surface area contributed by atoms with Crippen LogP contribution in [-0.4, -0.2) is 41.5 Å². The van der Waals surface area contributed by atoms with Crippen molar-refractivity contribution >= 4 is 10.0 Å². The van der Waals surface area contributed by atoms with Crippen LogP contribution in [0.25, 0.3) is 0 Å². The van der Waals surface area contributed by atoms with Gasteiger partial charge in [-0.2, -0.15) is 0 Å². The predicted molar refractivity (Wildman–Crippen MR) is 86.9 cm³/mol. The van der Waals surface area contributed by atoms with Crippen molar-refractivity contribution in [2.75, 3.05) is 14.1 Å². The molecule has 0 aliphatic rings. The maximum atomic E-state index is 12.3. The van der Waals surface area contributed by atoms with Crippen molar-refractivity contribution in [3.8, 4) is 0 Å². The molecule has 0 fully saturated rings. The van der Waals surface area contributed by atoms with Crippen molar-refractivity contribution in [1.82, 2.24) is 19.0 Å². The standard InChI is InChI=1S/C15H24N4O3S/c1-7-13-12(11(4)22-17-13)8-19-9-14(16-15(19)10(2)3)23(20,21)18(5)6/h9-10H,7-8H2,1-6H3. The Kier molecular flexibility index (Phi) is 4.95. The highest BCUT2D eigenvalue weighted by molar-refractivity contribution is 7.89. The lowest BCUT2D eigenvalue weighted by Gasteiger charge is -2.09. The van der Waals surface area contributed by atoms with Gasteiger partial charge in [0, 0.05) is 31.8 Å². The molecule has 0 atom stereocenters. The highest BCUT2D eigenvalue weighted by Crippen LogP contribution is 2.22. The number of sulfonamides is 1. The number of imidazole rings is 1. The first-order chi connectivity index (χ1) is 10.7. The van der Waals surface area contributed by atoms with E-state index in [0.29, 0.717) is 6.54 Å². The molecule has 2 rings (SSSR count). The molecule has 0 radical (unpaired) electrons. The third-order valence-corrected chi connectivity index (χ3v) is 5.46. The largest absolute Gasteiger partial charge is 0.361 e. The predicted octanol–water partition coefficient (Wildman–Crippen LogP) is 2.16. The molecule has 128 valence electrons. The summed E-state index contributed by atoms with van der Waals surface area (Å²) < 4.78 is 33.0. The van der Waals surface area contributed by atoms with Crippen LogP contribution in [0.1, 0.15) is 49.5 Å². The van der Waals surface area contributed by atoms with Crippen molar-refractivity contribution in [2.24, 2.45) is 0 Å². The minimum Gasteiger partial charge on any atom is -0.361 e. The average molecular weight is 340 g/mol. The third kappa shape index (κ3) is 3.32. The summed E-state index contributed by atoms with van der Waals surface area (Å²) in [6, 6.07) is 0. The van der Waals surface area contributed by atoms with Crippen molar-refractivity contribution in [3.05, 3.63) is 29.0 Å². The molecule has 23 heavy (non-hydrogen) atoms. The SMILES string of the molecule is CCc1noc(C)c1Cn1cc(S(=O)(=O)N(C)C)nc1C(C)C. The highest BCUT2D eigenvalue weighted by Gasteiger charge is 2.24. The number of hydrogen-bond acceptors (Lipinski definition) is 5. The van der Waals surface area contributed by atoms with Gasteiger partial charge in [-0.15, -0.1) is 0 Å². The fraction of sp³-hybridized carbons (Fsp3) is 0.600. The van der Waals surface area contributed by atoms with Gasteiger partial charge in [0.25, 0.3) is 10.0 Å². The van der Waals surface area contributed by atoms with Crippen LogP contribution in [-0.2, 0) is 23.0 Å². The molecule has 0 spiro atoms. The molecular formula is C15H24N4O3S. The van der Waals surface area contributed by atoms with Gasteiger partial charge >= 0.3 is 0 Å². The summed E-state index contributed by atoms with van der Waals surface area (Å²) in [5, 5.41) is 4.12. The smallest absolute Gasteiger partial charge is 0.261 e. The topological polar surface area (TPSA) is 81.2 Å². The van der Waals surface area contributed by atoms with Crippen LogP contribution < -0.4 is 0 Å². The van der Waals surface area contributed by atoms with E-state index in [0.717, 1.165) is 29.3 Å². The van der Waals surface area contributed by atoms with Gasteiger partial charge in [0.1, 0.15) is 11.6 Å². The van der Waals surface area contributed by atoms with Crippen LogP contribution in [0.15, 0.2) is 15.7 Å². The van der Waals surface area contributed by atoms with E-state index < -0.39 is 10.0 Å². The van der Waals surface area contributed by atoms with Crippen molar-refractivity contribution < 1.29 is 12.9 Å². The summed E-state index contributed by atoms with van der Waals surface area (Å²) >= 11 is 0. The summed E-state index contributed by atoms with van der Waals surface area (Å²) in [7, 11) is -0.549. The first-order valence-corrected chi connectivity index (χ1v) is 9.06. The highest BCUT2D eigenvalue weighted by atomic mass is 32.2. The van der Waals surface area contributed by atoms with Gasteiger partial charge in [-0.05, 0) is 13.3 Å². The summed E-state index contributed by atoms with van der Waals surface area (Å²) in [4.78, 5) is 4.35. The molecule has 0 bridgehead atoms. The lowest BCUT2D eigenvalue weighted by Crippen LogP contribution is -2.22. The number of aryl methyl sites for hydroxylation is 2. The van der Waals surface area contributed by atoms with Gasteiger partial charge in [0.15, 0.2) is 5.03 Å². The maximum Gasteiger partial charge on any atom is 0.261 e. The van der Waals surface area contributed by atoms with Crippen LogP contribution in [0.5, 0.6) is 0 Å². The lowest BCUT2D eigenvalue weighted by atomic mass is 10.1. The summed E-state index contributed by atoms with van der Waals surface area (Å²) in [5.41, 5.74) is 1.88. The van der Waals surface area contributed by atoms with Crippen LogP contribution in [0.2, 0.25) is 0 Å². The fourth-order valence-corrected chi connectivity index (χ4v) is 3.24. The van der Waals surface area contributed by atoms with Gasteiger partial charge in [-0.3, -0.25) is 0 Å². The van der Waals surface area contributed by atoms with Gasteiger partial charge in [0.2, 0.25) is 0 Å². The Labute approximate surface area is 137 Å². The molecule has 0 unspecified atom stereocenters. The number of hydrogen-bond donors (Lipinski definition) is 0. The van der Waals surface area contributed by atoms with Gasteiger partial charge in [0.05, 0.1) is 12.2 Å². The second kappa shape index (κ2) is 6.45. The Morgan fingerprint density at radius 2 is 2.00 bits per heavy atom. The van der Waals surface area contributed by atoms with Crippen LogP contribution >= 0.6 is 0 Å². The fourth-order valence-electron chi connectivity index (χ4n) is 2.39. The molecule has 0 aliphatic heterocycles. The summed E-state index contributed by atoms with van der Waals surface area (Å²) in [6.45, 7) is 8.37. The van der Waals surface area contributed by atoms with E-state index in [1.807, 2.05) is 32.3 Å². The van der Waals surface area contributed by atoms with E-state index in [2.05, 4.69) is 10.1 Å². The Balaban J connectivity index is 2.50. The monoisotopic (exact) mass is 340 g/mol. The third-order valence-electron chi connectivity index (χ3n) is 3.78. The van der Waals surface area contributed by atoms with Gasteiger partial charge in [-0.25, -0.2) is 17.7 Å². The van der Waals surface area contributed by atoms with Crippen LogP contribution in [0.4, 0.5) is 0 Å². The van der Waals surface area contributed by atoms with E-state index in [4.69, 9.17) is 4.52 Å². The molecule has 0 aromatic carbocycles. The Morgan fingerprint density at radius 1 is 1.35 bits per heavy atom. The van der Waals surface area contributed by atoms with Gasteiger partial charge < -0.3 is 9.09 Å². The van der Waals surface area contributed by atoms with E-state index in [1.165, 1.54) is 18.4 Å². The minimum absolute atomic E-state index is 0.0679. The van der Waals surface area contributed by atoms with E-state index in [-0.39, 0.29) is 10.9 Å². The van der Waals surface area contributed by atoms with Gasteiger partial charge in [-0.1, -0.05) is 25.9 Å². The van der Waals surface area contributed by atoms with Crippen LogP contribution in [0.3, 0.4) is 0 Å². The normalized spacial score (nSPS) is 12.5. The molecule has 0 aliphatic carbocycles. The first kappa shape index (κ1) is 17.7. The van der Waals surface area contributed by atoms with Crippen molar-refractivity contribution in [1.29, 1.82) is 0 Å².